The summed E-state index contributed by atoms with van der Waals surface area (Å²) >= 11 is 6.08. The summed E-state index contributed by atoms with van der Waals surface area (Å²) in [5, 5.41) is 4.42. The minimum absolute atomic E-state index is 0.0454. The highest BCUT2D eigenvalue weighted by atomic mass is 35.5. The Morgan fingerprint density at radius 2 is 1.92 bits per heavy atom. The van der Waals surface area contributed by atoms with E-state index in [0.717, 1.165) is 44.2 Å². The van der Waals surface area contributed by atoms with E-state index in [0.29, 0.717) is 5.82 Å². The van der Waals surface area contributed by atoms with Crippen molar-refractivity contribution in [3.05, 3.63) is 34.6 Å². The minimum Gasteiger partial charge on any atom is -0.369 e. The van der Waals surface area contributed by atoms with Crippen molar-refractivity contribution in [2.24, 2.45) is 5.73 Å². The number of rotatable bonds is 4. The van der Waals surface area contributed by atoms with Gasteiger partial charge in [-0.3, -0.25) is 4.79 Å². The lowest BCUT2D eigenvalue weighted by atomic mass is 9.95. The van der Waals surface area contributed by atoms with Crippen LogP contribution in [0.25, 0.3) is 11.4 Å². The summed E-state index contributed by atoms with van der Waals surface area (Å²) in [5.74, 6) is -2.00. The summed E-state index contributed by atoms with van der Waals surface area (Å²) in [6, 6.07) is 2.02. The van der Waals surface area contributed by atoms with Crippen molar-refractivity contribution in [1.29, 1.82) is 0 Å². The van der Waals surface area contributed by atoms with Crippen LogP contribution in [0.3, 0.4) is 0 Å². The second-order valence-corrected chi connectivity index (χ2v) is 6.38. The molecular weight excluding hydrogens is 338 g/mol. The van der Waals surface area contributed by atoms with Gasteiger partial charge in [0.2, 0.25) is 5.91 Å². The fraction of sp³-hybridized carbons (Fsp3) is 0.438. The van der Waals surface area contributed by atoms with Crippen molar-refractivity contribution in [3.63, 3.8) is 0 Å². The van der Waals surface area contributed by atoms with Gasteiger partial charge < -0.3 is 5.73 Å². The van der Waals surface area contributed by atoms with Gasteiger partial charge in [-0.05, 0) is 25.0 Å². The maximum Gasteiger partial charge on any atom is 0.225 e. The standard InChI is InChI=1S/C16H17ClF2N4O/c17-11-7-13(19)12(18)6-10(11)16-21-15(8-14(20)24)22-23(16)9-4-2-1-3-5-9/h6-7,9H,1-5,8H2,(H2,20,24). The molecule has 0 atom stereocenters. The number of hydrogen-bond donors (Lipinski definition) is 1. The van der Waals surface area contributed by atoms with Gasteiger partial charge in [-0.1, -0.05) is 30.9 Å². The Hall–Kier alpha value is -2.02. The number of amides is 1. The van der Waals surface area contributed by atoms with Gasteiger partial charge in [-0.25, -0.2) is 18.4 Å². The number of primary amides is 1. The van der Waals surface area contributed by atoms with Crippen LogP contribution in [-0.2, 0) is 11.2 Å². The molecule has 2 N–H and O–H groups in total. The molecule has 5 nitrogen and oxygen atoms in total. The first-order valence-corrected chi connectivity index (χ1v) is 8.22. The highest BCUT2D eigenvalue weighted by Crippen LogP contribution is 2.34. The van der Waals surface area contributed by atoms with E-state index in [1.807, 2.05) is 0 Å². The van der Waals surface area contributed by atoms with Gasteiger partial charge in [0.25, 0.3) is 0 Å². The molecule has 1 fully saturated rings. The van der Waals surface area contributed by atoms with Crippen molar-refractivity contribution in [3.8, 4) is 11.4 Å². The number of halogens is 3. The number of aromatic nitrogens is 3. The van der Waals surface area contributed by atoms with Gasteiger partial charge in [0.15, 0.2) is 23.3 Å². The molecular formula is C16H17ClF2N4O. The van der Waals surface area contributed by atoms with E-state index in [1.54, 1.807) is 4.68 Å². The summed E-state index contributed by atoms with van der Waals surface area (Å²) in [4.78, 5) is 15.5. The van der Waals surface area contributed by atoms with Crippen LogP contribution in [0.2, 0.25) is 5.02 Å². The van der Waals surface area contributed by atoms with Gasteiger partial charge in [0, 0.05) is 5.56 Å². The lowest BCUT2D eigenvalue weighted by molar-refractivity contribution is -0.117. The first-order valence-electron chi connectivity index (χ1n) is 7.84. The van der Waals surface area contributed by atoms with E-state index in [2.05, 4.69) is 10.1 Å². The molecule has 0 bridgehead atoms. The van der Waals surface area contributed by atoms with E-state index >= 15 is 0 Å². The predicted molar refractivity (Wildman–Crippen MR) is 85.4 cm³/mol. The summed E-state index contributed by atoms with van der Waals surface area (Å²) in [7, 11) is 0. The Morgan fingerprint density at radius 3 is 2.58 bits per heavy atom. The summed E-state index contributed by atoms with van der Waals surface area (Å²) in [6.07, 6.45) is 4.97. The number of hydrogen-bond acceptors (Lipinski definition) is 3. The summed E-state index contributed by atoms with van der Waals surface area (Å²) in [5.41, 5.74) is 5.47. The molecule has 0 radical (unpaired) electrons. The van der Waals surface area contributed by atoms with Crippen LogP contribution in [0.1, 0.15) is 44.0 Å². The normalized spacial score (nSPS) is 15.6. The Kier molecular flexibility index (Phi) is 4.80. The molecule has 1 heterocycles. The average molecular weight is 355 g/mol. The van der Waals surface area contributed by atoms with Crippen molar-refractivity contribution in [2.45, 2.75) is 44.6 Å². The van der Waals surface area contributed by atoms with Crippen molar-refractivity contribution in [1.82, 2.24) is 14.8 Å². The zero-order valence-corrected chi connectivity index (χ0v) is 13.7. The third-order valence-corrected chi connectivity index (χ3v) is 4.49. The van der Waals surface area contributed by atoms with Crippen LogP contribution in [0.5, 0.6) is 0 Å². The van der Waals surface area contributed by atoms with Crippen LogP contribution < -0.4 is 5.73 Å². The van der Waals surface area contributed by atoms with E-state index in [1.165, 1.54) is 0 Å². The largest absolute Gasteiger partial charge is 0.369 e. The van der Waals surface area contributed by atoms with Gasteiger partial charge in [-0.15, -0.1) is 0 Å². The Bertz CT molecular complexity index is 772. The molecule has 1 amide bonds. The molecule has 2 aromatic rings. The van der Waals surface area contributed by atoms with Gasteiger partial charge >= 0.3 is 0 Å². The number of carbonyl (C=O) groups is 1. The minimum atomic E-state index is -1.02. The second kappa shape index (κ2) is 6.84. The number of carbonyl (C=O) groups excluding carboxylic acids is 1. The lowest BCUT2D eigenvalue weighted by Gasteiger charge is -2.23. The molecule has 1 aromatic carbocycles. The molecule has 24 heavy (non-hydrogen) atoms. The third-order valence-electron chi connectivity index (χ3n) is 4.18. The van der Waals surface area contributed by atoms with Gasteiger partial charge in [0.1, 0.15) is 0 Å². The third kappa shape index (κ3) is 3.40. The van der Waals surface area contributed by atoms with E-state index in [-0.39, 0.29) is 28.9 Å². The molecule has 0 saturated heterocycles. The van der Waals surface area contributed by atoms with E-state index in [4.69, 9.17) is 17.3 Å². The lowest BCUT2D eigenvalue weighted by Crippen LogP contribution is -2.17. The van der Waals surface area contributed by atoms with Crippen LogP contribution in [-0.4, -0.2) is 20.7 Å². The molecule has 0 unspecified atom stereocenters. The zero-order chi connectivity index (χ0) is 17.3. The highest BCUT2D eigenvalue weighted by Gasteiger charge is 2.24. The van der Waals surface area contributed by atoms with Crippen molar-refractivity contribution >= 4 is 17.5 Å². The Balaban J connectivity index is 2.09. The number of nitrogens with zero attached hydrogens (tertiary/aromatic N) is 3. The molecule has 3 rings (SSSR count). The number of benzene rings is 1. The van der Waals surface area contributed by atoms with Crippen molar-refractivity contribution < 1.29 is 13.6 Å². The molecule has 0 aliphatic heterocycles. The molecule has 1 aliphatic rings. The maximum absolute atomic E-state index is 13.7. The molecule has 128 valence electrons. The van der Waals surface area contributed by atoms with E-state index in [9.17, 15) is 13.6 Å². The van der Waals surface area contributed by atoms with Crippen LogP contribution in [0.15, 0.2) is 12.1 Å². The first kappa shape index (κ1) is 16.8. The summed E-state index contributed by atoms with van der Waals surface area (Å²) < 4.78 is 28.7. The zero-order valence-electron chi connectivity index (χ0n) is 12.9. The van der Waals surface area contributed by atoms with Crippen LogP contribution >= 0.6 is 11.6 Å². The van der Waals surface area contributed by atoms with E-state index < -0.39 is 17.5 Å². The van der Waals surface area contributed by atoms with Crippen molar-refractivity contribution in [2.75, 3.05) is 0 Å². The highest BCUT2D eigenvalue weighted by molar-refractivity contribution is 6.33. The SMILES string of the molecule is NC(=O)Cc1nc(-c2cc(F)c(F)cc2Cl)n(C2CCCCC2)n1. The molecule has 8 heteroatoms. The molecule has 1 aliphatic carbocycles. The van der Waals surface area contributed by atoms with Gasteiger partial charge in [-0.2, -0.15) is 5.10 Å². The molecule has 1 aromatic heterocycles. The number of nitrogens with two attached hydrogens (primary N) is 1. The van der Waals surface area contributed by atoms with Crippen LogP contribution in [0, 0.1) is 11.6 Å². The maximum atomic E-state index is 13.7. The second-order valence-electron chi connectivity index (χ2n) is 5.98. The molecule has 0 spiro atoms. The molecule has 1 saturated carbocycles. The average Bonchev–Trinajstić information content (AvgIpc) is 2.94. The van der Waals surface area contributed by atoms with Crippen LogP contribution in [0.4, 0.5) is 8.78 Å². The smallest absolute Gasteiger partial charge is 0.225 e. The summed E-state index contributed by atoms with van der Waals surface area (Å²) in [6.45, 7) is 0. The Labute approximate surface area is 142 Å². The first-order chi connectivity index (χ1) is 11.5. The fourth-order valence-electron chi connectivity index (χ4n) is 3.06. The predicted octanol–water partition coefficient (Wildman–Crippen LogP) is 3.41. The fourth-order valence-corrected chi connectivity index (χ4v) is 3.29. The monoisotopic (exact) mass is 354 g/mol. The van der Waals surface area contributed by atoms with Gasteiger partial charge in [0.05, 0.1) is 17.5 Å². The Morgan fingerprint density at radius 1 is 1.25 bits per heavy atom. The quantitative estimate of drug-likeness (QED) is 0.855. The topological polar surface area (TPSA) is 73.8 Å².